The molecule has 6 nitrogen and oxygen atoms in total. The molecule has 3 rings (SSSR count). The predicted molar refractivity (Wildman–Crippen MR) is 128 cm³/mol. The van der Waals surface area contributed by atoms with E-state index >= 15 is 0 Å². The number of halogens is 1. The number of hydrogen-bond donors (Lipinski definition) is 1. The summed E-state index contributed by atoms with van der Waals surface area (Å²) in [6.07, 6.45) is 8.67. The van der Waals surface area contributed by atoms with Crippen LogP contribution in [0.1, 0.15) is 78.3 Å². The lowest BCUT2D eigenvalue weighted by atomic mass is 10.1. The van der Waals surface area contributed by atoms with Gasteiger partial charge in [0.15, 0.2) is 0 Å². The van der Waals surface area contributed by atoms with E-state index in [0.29, 0.717) is 31.1 Å². The van der Waals surface area contributed by atoms with Crippen LogP contribution in [0.15, 0.2) is 41.5 Å². The second-order valence-electron chi connectivity index (χ2n) is 8.46. The lowest BCUT2D eigenvalue weighted by Crippen LogP contribution is -2.38. The fourth-order valence-corrected chi connectivity index (χ4v) is 4.14. The summed E-state index contributed by atoms with van der Waals surface area (Å²) in [5, 5.41) is 3.47. The maximum atomic E-state index is 13.2. The number of carbonyl (C=O) groups is 2. The molecule has 1 fully saturated rings. The van der Waals surface area contributed by atoms with Crippen molar-refractivity contribution in [2.24, 2.45) is 0 Å². The Hall–Kier alpha value is -2.60. The molecule has 1 aliphatic rings. The molecule has 172 valence electrons. The van der Waals surface area contributed by atoms with Crippen LogP contribution < -0.4 is 10.7 Å². The summed E-state index contributed by atoms with van der Waals surface area (Å²) in [5.41, 5.74) is 0.589. The van der Waals surface area contributed by atoms with E-state index in [-0.39, 0.29) is 23.1 Å². The fourth-order valence-electron chi connectivity index (χ4n) is 3.93. The van der Waals surface area contributed by atoms with Crippen LogP contribution in [0, 0.1) is 0 Å². The van der Waals surface area contributed by atoms with Crippen LogP contribution in [0.25, 0.3) is 0 Å². The van der Waals surface area contributed by atoms with Gasteiger partial charge >= 0.3 is 0 Å². The first-order valence-corrected chi connectivity index (χ1v) is 11.9. The van der Waals surface area contributed by atoms with Gasteiger partial charge in [-0.3, -0.25) is 14.4 Å². The number of amides is 2. The van der Waals surface area contributed by atoms with Gasteiger partial charge in [-0.2, -0.15) is 0 Å². The Kier molecular flexibility index (Phi) is 8.51. The molecule has 0 radical (unpaired) electrons. The maximum absolute atomic E-state index is 13.2. The SMILES string of the molecule is CC[C@@H](C)n1cc(C(=O)NCCc2cccc(Cl)c2)c(=O)c(C(=O)N2CCCCCC2)c1. The molecule has 2 aromatic rings. The minimum absolute atomic E-state index is 0.0112. The lowest BCUT2D eigenvalue weighted by molar-refractivity contribution is 0.0759. The molecule has 0 spiro atoms. The van der Waals surface area contributed by atoms with Crippen molar-refractivity contribution in [3.63, 3.8) is 0 Å². The number of carbonyl (C=O) groups excluding carboxylic acids is 2. The van der Waals surface area contributed by atoms with Gasteiger partial charge in [0.1, 0.15) is 11.1 Å². The van der Waals surface area contributed by atoms with E-state index in [0.717, 1.165) is 37.7 Å². The monoisotopic (exact) mass is 457 g/mol. The fraction of sp³-hybridized carbons (Fsp3) is 0.480. The van der Waals surface area contributed by atoms with Crippen molar-refractivity contribution in [3.8, 4) is 0 Å². The van der Waals surface area contributed by atoms with E-state index in [1.165, 1.54) is 0 Å². The highest BCUT2D eigenvalue weighted by Crippen LogP contribution is 2.16. The van der Waals surface area contributed by atoms with Crippen molar-refractivity contribution in [2.75, 3.05) is 19.6 Å². The molecule has 1 aliphatic heterocycles. The van der Waals surface area contributed by atoms with Crippen molar-refractivity contribution < 1.29 is 9.59 Å². The largest absolute Gasteiger partial charge is 0.352 e. The zero-order valence-electron chi connectivity index (χ0n) is 18.9. The topological polar surface area (TPSA) is 71.4 Å². The van der Waals surface area contributed by atoms with E-state index in [4.69, 9.17) is 11.6 Å². The molecular weight excluding hydrogens is 426 g/mol. The number of aromatic nitrogens is 1. The Morgan fingerprint density at radius 3 is 2.44 bits per heavy atom. The van der Waals surface area contributed by atoms with Crippen molar-refractivity contribution in [1.29, 1.82) is 0 Å². The number of hydrogen-bond acceptors (Lipinski definition) is 3. The van der Waals surface area contributed by atoms with Crippen LogP contribution >= 0.6 is 11.6 Å². The third-order valence-corrected chi connectivity index (χ3v) is 6.34. The van der Waals surface area contributed by atoms with E-state index in [1.807, 2.05) is 36.6 Å². The van der Waals surface area contributed by atoms with Crippen LogP contribution in [0.4, 0.5) is 0 Å². The van der Waals surface area contributed by atoms with E-state index < -0.39 is 11.3 Å². The smallest absolute Gasteiger partial charge is 0.259 e. The molecule has 1 aromatic heterocycles. The van der Waals surface area contributed by atoms with Crippen LogP contribution in [-0.4, -0.2) is 40.9 Å². The highest BCUT2D eigenvalue weighted by Gasteiger charge is 2.24. The van der Waals surface area contributed by atoms with Crippen LogP contribution in [0.5, 0.6) is 0 Å². The quantitative estimate of drug-likeness (QED) is 0.667. The number of pyridine rings is 1. The van der Waals surface area contributed by atoms with Crippen LogP contribution in [0.3, 0.4) is 0 Å². The summed E-state index contributed by atoms with van der Waals surface area (Å²) < 4.78 is 1.82. The Balaban J connectivity index is 1.83. The molecule has 0 bridgehead atoms. The Morgan fingerprint density at radius 1 is 1.09 bits per heavy atom. The van der Waals surface area contributed by atoms with Crippen molar-refractivity contribution in [2.45, 2.75) is 58.4 Å². The first-order chi connectivity index (χ1) is 15.4. The molecule has 32 heavy (non-hydrogen) atoms. The molecule has 0 aliphatic carbocycles. The Morgan fingerprint density at radius 2 is 1.78 bits per heavy atom. The minimum Gasteiger partial charge on any atom is -0.352 e. The average Bonchev–Trinajstić information content (AvgIpc) is 3.08. The Bertz CT molecular complexity index is 1010. The normalized spacial score (nSPS) is 15.2. The first kappa shape index (κ1) is 24.1. The summed E-state index contributed by atoms with van der Waals surface area (Å²) >= 11 is 6.02. The third-order valence-electron chi connectivity index (χ3n) is 6.10. The molecule has 0 saturated carbocycles. The molecule has 1 aromatic carbocycles. The molecule has 1 saturated heterocycles. The van der Waals surface area contributed by atoms with Gasteiger partial charge < -0.3 is 14.8 Å². The average molecular weight is 458 g/mol. The highest BCUT2D eigenvalue weighted by molar-refractivity contribution is 6.30. The van der Waals surface area contributed by atoms with Crippen molar-refractivity contribution >= 4 is 23.4 Å². The number of nitrogens with zero attached hydrogens (tertiary/aromatic N) is 2. The molecular formula is C25H32ClN3O3. The molecule has 2 amide bonds. The summed E-state index contributed by atoms with van der Waals surface area (Å²) in [4.78, 5) is 41.1. The summed E-state index contributed by atoms with van der Waals surface area (Å²) in [6, 6.07) is 7.51. The first-order valence-electron chi connectivity index (χ1n) is 11.5. The molecule has 2 heterocycles. The van der Waals surface area contributed by atoms with E-state index in [2.05, 4.69) is 5.32 Å². The van der Waals surface area contributed by atoms with E-state index in [1.54, 1.807) is 23.4 Å². The molecule has 7 heteroatoms. The maximum Gasteiger partial charge on any atom is 0.259 e. The zero-order chi connectivity index (χ0) is 23.1. The van der Waals surface area contributed by atoms with Gasteiger partial charge in [-0.05, 0) is 50.3 Å². The third kappa shape index (κ3) is 6.00. The van der Waals surface area contributed by atoms with Gasteiger partial charge in [-0.15, -0.1) is 0 Å². The molecule has 0 unspecified atom stereocenters. The number of benzene rings is 1. The van der Waals surface area contributed by atoms with Gasteiger partial charge in [0.05, 0.1) is 0 Å². The lowest BCUT2D eigenvalue weighted by Gasteiger charge is -2.22. The van der Waals surface area contributed by atoms with Crippen molar-refractivity contribution in [3.05, 3.63) is 68.6 Å². The van der Waals surface area contributed by atoms with Gasteiger partial charge in [0, 0.05) is 43.1 Å². The summed E-state index contributed by atoms with van der Waals surface area (Å²) in [6.45, 7) is 5.71. The number of rotatable bonds is 7. The van der Waals surface area contributed by atoms with Gasteiger partial charge in [0.2, 0.25) is 5.43 Å². The molecule has 1 atom stereocenters. The minimum atomic E-state index is -0.501. The van der Waals surface area contributed by atoms with Crippen LogP contribution in [0.2, 0.25) is 5.02 Å². The summed E-state index contributed by atoms with van der Waals surface area (Å²) in [7, 11) is 0. The highest BCUT2D eigenvalue weighted by atomic mass is 35.5. The zero-order valence-corrected chi connectivity index (χ0v) is 19.7. The second-order valence-corrected chi connectivity index (χ2v) is 8.90. The number of nitrogens with one attached hydrogen (secondary N) is 1. The van der Waals surface area contributed by atoms with Crippen molar-refractivity contribution in [1.82, 2.24) is 14.8 Å². The Labute approximate surface area is 194 Å². The standard InChI is InChI=1S/C25H32ClN3O3/c1-3-18(2)29-16-21(24(31)27-12-11-19-9-8-10-20(26)15-19)23(30)22(17-29)25(32)28-13-6-4-5-7-14-28/h8-10,15-18H,3-7,11-14H2,1-2H3,(H,27,31)/t18-/m1/s1. The van der Waals surface area contributed by atoms with Crippen LogP contribution in [-0.2, 0) is 6.42 Å². The molecule has 1 N–H and O–H groups in total. The van der Waals surface area contributed by atoms with E-state index in [9.17, 15) is 14.4 Å². The van der Waals surface area contributed by atoms with Gasteiger partial charge in [-0.25, -0.2) is 0 Å². The van der Waals surface area contributed by atoms with Gasteiger partial charge in [-0.1, -0.05) is 43.5 Å². The summed E-state index contributed by atoms with van der Waals surface area (Å²) in [5.74, 6) is -0.734. The second kappa shape index (κ2) is 11.3. The van der Waals surface area contributed by atoms with Gasteiger partial charge in [0.25, 0.3) is 11.8 Å². The predicted octanol–water partition coefficient (Wildman–Crippen LogP) is 4.46. The number of likely N-dealkylation sites (tertiary alicyclic amines) is 1.